The lowest BCUT2D eigenvalue weighted by atomic mass is 10.1. The molecule has 0 saturated heterocycles. The Labute approximate surface area is 117 Å². The summed E-state index contributed by atoms with van der Waals surface area (Å²) in [6.45, 7) is 10.5. The van der Waals surface area contributed by atoms with Crippen molar-refractivity contribution in [3.63, 3.8) is 0 Å². The quantitative estimate of drug-likeness (QED) is 0.338. The van der Waals surface area contributed by atoms with Gasteiger partial charge in [-0.15, -0.1) is 0 Å². The lowest BCUT2D eigenvalue weighted by Gasteiger charge is -2.19. The van der Waals surface area contributed by atoms with Gasteiger partial charge in [-0.2, -0.15) is 0 Å². The molecule has 0 aliphatic heterocycles. The largest absolute Gasteiger partial charge is 0.448 e. The van der Waals surface area contributed by atoms with E-state index in [0.717, 1.165) is 0 Å². The molecule has 0 rings (SSSR count). The number of alkyl carbamates (subject to hydrolysis) is 1. The summed E-state index contributed by atoms with van der Waals surface area (Å²) in [5.74, 6) is -0.561. The van der Waals surface area contributed by atoms with E-state index in [9.17, 15) is 9.59 Å². The summed E-state index contributed by atoms with van der Waals surface area (Å²) in [6, 6.07) is -1.10. The van der Waals surface area contributed by atoms with Crippen molar-refractivity contribution >= 4 is 23.7 Å². The van der Waals surface area contributed by atoms with Crippen molar-refractivity contribution in [1.82, 2.24) is 5.32 Å². The number of allylic oxidation sites excluding steroid dienone is 3. The highest BCUT2D eigenvalue weighted by Crippen LogP contribution is 2.06. The minimum atomic E-state index is -0.832. The number of hydrogen-bond donors (Lipinski definition) is 1. The molecule has 0 aliphatic carbocycles. The van der Waals surface area contributed by atoms with Crippen molar-refractivity contribution in [2.75, 3.05) is 6.07 Å². The Morgan fingerprint density at radius 1 is 1.37 bits per heavy atom. The number of halogens is 1. The first kappa shape index (κ1) is 17.2. The first-order valence-electron chi connectivity index (χ1n) is 5.62. The zero-order valence-corrected chi connectivity index (χ0v) is 11.8. The molecule has 0 aliphatic rings. The molecule has 0 saturated carbocycles. The summed E-state index contributed by atoms with van der Waals surface area (Å²) in [6.07, 6.45) is 3.49. The van der Waals surface area contributed by atoms with Crippen LogP contribution in [0.15, 0.2) is 37.1 Å². The van der Waals surface area contributed by atoms with Crippen LogP contribution in [0.2, 0.25) is 0 Å². The molecular weight excluding hydrogens is 270 g/mol. The number of ether oxygens (including phenoxy) is 2. The molecule has 6 heteroatoms. The van der Waals surface area contributed by atoms with Crippen molar-refractivity contribution < 1.29 is 19.1 Å². The van der Waals surface area contributed by atoms with Gasteiger partial charge in [-0.3, -0.25) is 0 Å². The van der Waals surface area contributed by atoms with Gasteiger partial charge in [0.15, 0.2) is 6.07 Å². The minimum absolute atomic E-state index is 0.168. The maximum Gasteiger partial charge on any atom is 0.413 e. The van der Waals surface area contributed by atoms with Crippen LogP contribution < -0.4 is 5.32 Å². The molecule has 1 amide bonds. The Morgan fingerprint density at radius 3 is 2.42 bits per heavy atom. The second kappa shape index (κ2) is 9.22. The Kier molecular flexibility index (Phi) is 8.37. The number of amides is 1. The van der Waals surface area contributed by atoms with Gasteiger partial charge in [0, 0.05) is 0 Å². The topological polar surface area (TPSA) is 64.6 Å². The lowest BCUT2D eigenvalue weighted by molar-refractivity contribution is -0.145. The molecule has 0 heterocycles. The van der Waals surface area contributed by atoms with Gasteiger partial charge in [0.05, 0.1) is 0 Å². The number of nitrogens with one attached hydrogen (secondary N) is 1. The van der Waals surface area contributed by atoms with Crippen molar-refractivity contribution in [3.05, 3.63) is 37.1 Å². The van der Waals surface area contributed by atoms with E-state index < -0.39 is 18.1 Å². The summed E-state index contributed by atoms with van der Waals surface area (Å²) in [5.41, 5.74) is 0. The van der Waals surface area contributed by atoms with Gasteiger partial charge in [-0.05, 0) is 18.1 Å². The molecule has 0 aromatic heterocycles. The standard InChI is InChI=1S/C13H18ClNO4/c1-5-7-10(6-2)19-13(17)15-11(9(3)4)12(16)18-8-14/h5-7,9,11H,1-2,8H2,3-4H3,(H,15,17)/b10-7+. The minimum Gasteiger partial charge on any atom is -0.448 e. The van der Waals surface area contributed by atoms with Crippen molar-refractivity contribution in [2.45, 2.75) is 19.9 Å². The van der Waals surface area contributed by atoms with Crippen LogP contribution in [-0.2, 0) is 14.3 Å². The van der Waals surface area contributed by atoms with E-state index in [1.807, 2.05) is 0 Å². The number of hydrogen-bond acceptors (Lipinski definition) is 4. The average molecular weight is 288 g/mol. The molecule has 0 fully saturated rings. The smallest absolute Gasteiger partial charge is 0.413 e. The normalized spacial score (nSPS) is 12.5. The van der Waals surface area contributed by atoms with Gasteiger partial charge < -0.3 is 14.8 Å². The Hall–Kier alpha value is -1.75. The molecule has 5 nitrogen and oxygen atoms in total. The molecule has 0 bridgehead atoms. The van der Waals surface area contributed by atoms with E-state index in [2.05, 4.69) is 23.2 Å². The van der Waals surface area contributed by atoms with Crippen LogP contribution in [0.5, 0.6) is 0 Å². The van der Waals surface area contributed by atoms with Crippen LogP contribution in [-0.4, -0.2) is 24.2 Å². The van der Waals surface area contributed by atoms with Crippen LogP contribution in [0.3, 0.4) is 0 Å². The van der Waals surface area contributed by atoms with Gasteiger partial charge in [0.1, 0.15) is 11.8 Å². The highest BCUT2D eigenvalue weighted by atomic mass is 35.5. The van der Waals surface area contributed by atoms with Crippen molar-refractivity contribution in [1.29, 1.82) is 0 Å². The molecule has 0 radical (unpaired) electrons. The van der Waals surface area contributed by atoms with Gasteiger partial charge in [-0.25, -0.2) is 9.59 Å². The maximum atomic E-state index is 11.6. The van der Waals surface area contributed by atoms with E-state index in [4.69, 9.17) is 16.3 Å². The molecular formula is C13H18ClNO4. The van der Waals surface area contributed by atoms with Crippen LogP contribution in [0.4, 0.5) is 4.79 Å². The fraction of sp³-hybridized carbons (Fsp3) is 0.385. The predicted octanol–water partition coefficient (Wildman–Crippen LogP) is 2.73. The molecule has 1 atom stereocenters. The third-order valence-corrected chi connectivity index (χ3v) is 2.19. The van der Waals surface area contributed by atoms with Crippen LogP contribution >= 0.6 is 11.6 Å². The van der Waals surface area contributed by atoms with E-state index >= 15 is 0 Å². The highest BCUT2D eigenvalue weighted by Gasteiger charge is 2.26. The second-order valence-electron chi connectivity index (χ2n) is 3.84. The summed E-state index contributed by atoms with van der Waals surface area (Å²) in [4.78, 5) is 23.2. The van der Waals surface area contributed by atoms with Crippen LogP contribution in [0.25, 0.3) is 0 Å². The second-order valence-corrected chi connectivity index (χ2v) is 4.06. The fourth-order valence-corrected chi connectivity index (χ4v) is 1.27. The number of carbonyl (C=O) groups excluding carboxylic acids is 2. The molecule has 0 aromatic carbocycles. The van der Waals surface area contributed by atoms with Crippen LogP contribution in [0.1, 0.15) is 13.8 Å². The maximum absolute atomic E-state index is 11.6. The summed E-state index contributed by atoms with van der Waals surface area (Å²) in [5, 5.41) is 2.41. The van der Waals surface area contributed by atoms with Gasteiger partial charge in [0.2, 0.25) is 0 Å². The first-order valence-corrected chi connectivity index (χ1v) is 6.15. The van der Waals surface area contributed by atoms with E-state index in [1.54, 1.807) is 13.8 Å². The molecule has 106 valence electrons. The summed E-state index contributed by atoms with van der Waals surface area (Å²) < 4.78 is 9.58. The highest BCUT2D eigenvalue weighted by molar-refractivity contribution is 6.17. The lowest BCUT2D eigenvalue weighted by Crippen LogP contribution is -2.45. The van der Waals surface area contributed by atoms with E-state index in [1.165, 1.54) is 18.2 Å². The van der Waals surface area contributed by atoms with Crippen LogP contribution in [0, 0.1) is 5.92 Å². The number of carbonyl (C=O) groups is 2. The zero-order chi connectivity index (χ0) is 14.8. The summed E-state index contributed by atoms with van der Waals surface area (Å²) >= 11 is 5.31. The predicted molar refractivity (Wildman–Crippen MR) is 73.5 cm³/mol. The molecule has 0 spiro atoms. The first-order chi connectivity index (χ1) is 8.96. The molecule has 19 heavy (non-hydrogen) atoms. The Bertz CT molecular complexity index is 377. The zero-order valence-electron chi connectivity index (χ0n) is 11.0. The molecule has 0 aromatic rings. The fourth-order valence-electron chi connectivity index (χ4n) is 1.16. The number of alkyl halides is 1. The van der Waals surface area contributed by atoms with Gasteiger partial charge in [0.25, 0.3) is 0 Å². The third kappa shape index (κ3) is 6.67. The average Bonchev–Trinajstić information content (AvgIpc) is 2.35. The monoisotopic (exact) mass is 287 g/mol. The number of esters is 1. The Morgan fingerprint density at radius 2 is 2.00 bits per heavy atom. The van der Waals surface area contributed by atoms with Crippen molar-refractivity contribution in [2.24, 2.45) is 5.92 Å². The van der Waals surface area contributed by atoms with Gasteiger partial charge in [-0.1, -0.05) is 44.7 Å². The summed E-state index contributed by atoms with van der Waals surface area (Å²) in [7, 11) is 0. The Balaban J connectivity index is 4.64. The molecule has 1 unspecified atom stereocenters. The SMILES string of the molecule is C=C/C=C(\C=C)OC(=O)NC(C(=O)OCCl)C(C)C. The van der Waals surface area contributed by atoms with Gasteiger partial charge >= 0.3 is 12.1 Å². The van der Waals surface area contributed by atoms with E-state index in [0.29, 0.717) is 0 Å². The van der Waals surface area contributed by atoms with Crippen molar-refractivity contribution in [3.8, 4) is 0 Å². The third-order valence-electron chi connectivity index (χ3n) is 2.08. The van der Waals surface area contributed by atoms with E-state index in [-0.39, 0.29) is 17.7 Å². The number of rotatable bonds is 7. The molecule has 1 N–H and O–H groups in total.